The highest BCUT2D eigenvalue weighted by Gasteiger charge is 2.23. The van der Waals surface area contributed by atoms with Gasteiger partial charge in [0.2, 0.25) is 5.91 Å². The van der Waals surface area contributed by atoms with Crippen LogP contribution in [0.2, 0.25) is 5.02 Å². The summed E-state index contributed by atoms with van der Waals surface area (Å²) in [6.07, 6.45) is 1.64. The van der Waals surface area contributed by atoms with Crippen molar-refractivity contribution < 1.29 is 9.53 Å². The Kier molecular flexibility index (Phi) is 5.60. The van der Waals surface area contributed by atoms with Gasteiger partial charge >= 0.3 is 0 Å². The number of ether oxygens (including phenoxy) is 1. The fraction of sp³-hybridized carbons (Fsp3) is 0.316. The lowest BCUT2D eigenvalue weighted by Gasteiger charge is -2.36. The highest BCUT2D eigenvalue weighted by atomic mass is 35.5. The van der Waals surface area contributed by atoms with Gasteiger partial charge in [-0.3, -0.25) is 4.79 Å². The minimum absolute atomic E-state index is 0.0377. The van der Waals surface area contributed by atoms with Gasteiger partial charge in [-0.25, -0.2) is 9.67 Å². The van der Waals surface area contributed by atoms with E-state index < -0.39 is 0 Å². The van der Waals surface area contributed by atoms with Crippen LogP contribution < -0.4 is 9.64 Å². The summed E-state index contributed by atoms with van der Waals surface area (Å²) in [5.41, 5.74) is 10.1. The van der Waals surface area contributed by atoms with Crippen LogP contribution in [0, 0.1) is 0 Å². The fourth-order valence-corrected chi connectivity index (χ4v) is 3.64. The molecule has 0 bridgehead atoms. The number of azide groups is 1. The molecule has 0 unspecified atom stereocenters. The second-order valence-corrected chi connectivity index (χ2v) is 7.17. The molecule has 0 spiro atoms. The first-order valence-electron chi connectivity index (χ1n) is 9.33. The molecule has 1 saturated heterocycles. The SMILES string of the molecule is COc1cc(N2CCN(C(=O)Cn3ncc4ccc(N=[N+]=[N-])nc43)CC2)ccc1Cl. The Hall–Kier alpha value is -3.49. The molecule has 154 valence electrons. The molecule has 0 saturated carbocycles. The number of rotatable bonds is 5. The number of hydrogen-bond donors (Lipinski definition) is 0. The van der Waals surface area contributed by atoms with E-state index in [1.165, 1.54) is 4.68 Å². The molecule has 0 N–H and O–H groups in total. The molecular weight excluding hydrogens is 408 g/mol. The summed E-state index contributed by atoms with van der Waals surface area (Å²) in [5.74, 6) is 0.835. The molecule has 1 aliphatic rings. The summed E-state index contributed by atoms with van der Waals surface area (Å²) >= 11 is 6.10. The number of carbonyl (C=O) groups excluding carboxylic acids is 1. The summed E-state index contributed by atoms with van der Waals surface area (Å²) in [7, 11) is 1.59. The minimum atomic E-state index is -0.0377. The molecule has 0 aliphatic carbocycles. The number of pyridine rings is 1. The summed E-state index contributed by atoms with van der Waals surface area (Å²) in [4.78, 5) is 23.8. The van der Waals surface area contributed by atoms with E-state index in [4.69, 9.17) is 21.9 Å². The highest BCUT2D eigenvalue weighted by Crippen LogP contribution is 2.29. The third kappa shape index (κ3) is 3.96. The summed E-state index contributed by atoms with van der Waals surface area (Å²) < 4.78 is 6.82. The Morgan fingerprint density at radius 2 is 2.07 bits per heavy atom. The maximum atomic E-state index is 12.8. The van der Waals surface area contributed by atoms with Crippen LogP contribution >= 0.6 is 11.6 Å². The maximum Gasteiger partial charge on any atom is 0.244 e. The minimum Gasteiger partial charge on any atom is -0.495 e. The second kappa shape index (κ2) is 8.48. The van der Waals surface area contributed by atoms with Crippen molar-refractivity contribution in [1.82, 2.24) is 19.7 Å². The Morgan fingerprint density at radius 1 is 1.27 bits per heavy atom. The lowest BCUT2D eigenvalue weighted by atomic mass is 10.2. The second-order valence-electron chi connectivity index (χ2n) is 6.76. The smallest absolute Gasteiger partial charge is 0.244 e. The van der Waals surface area contributed by atoms with E-state index in [1.54, 1.807) is 25.4 Å². The van der Waals surface area contributed by atoms with Crippen molar-refractivity contribution in [3.63, 3.8) is 0 Å². The number of carbonyl (C=O) groups is 1. The van der Waals surface area contributed by atoms with E-state index in [1.807, 2.05) is 23.1 Å². The molecule has 3 aromatic rings. The molecule has 11 heteroatoms. The third-order valence-electron chi connectivity index (χ3n) is 5.04. The first-order chi connectivity index (χ1) is 14.6. The van der Waals surface area contributed by atoms with Gasteiger partial charge in [0.05, 0.1) is 18.3 Å². The Balaban J connectivity index is 1.42. The highest BCUT2D eigenvalue weighted by molar-refractivity contribution is 6.32. The van der Waals surface area contributed by atoms with E-state index in [-0.39, 0.29) is 18.3 Å². The van der Waals surface area contributed by atoms with Crippen molar-refractivity contribution >= 4 is 40.0 Å². The molecule has 2 aromatic heterocycles. The van der Waals surface area contributed by atoms with Gasteiger partial charge < -0.3 is 14.5 Å². The van der Waals surface area contributed by atoms with Gasteiger partial charge in [-0.15, -0.1) is 0 Å². The first-order valence-corrected chi connectivity index (χ1v) is 9.71. The number of amides is 1. The van der Waals surface area contributed by atoms with Crippen LogP contribution in [0.3, 0.4) is 0 Å². The van der Waals surface area contributed by atoms with Crippen molar-refractivity contribution in [2.45, 2.75) is 6.54 Å². The normalized spacial score (nSPS) is 13.9. The molecule has 1 aromatic carbocycles. The average molecular weight is 427 g/mol. The van der Waals surface area contributed by atoms with Crippen LogP contribution in [0.4, 0.5) is 11.5 Å². The molecule has 1 aliphatic heterocycles. The number of aromatic nitrogens is 3. The largest absolute Gasteiger partial charge is 0.495 e. The van der Waals surface area contributed by atoms with E-state index >= 15 is 0 Å². The number of halogens is 1. The Morgan fingerprint density at radius 3 is 2.80 bits per heavy atom. The van der Waals surface area contributed by atoms with Gasteiger partial charge in [0.25, 0.3) is 0 Å². The molecule has 1 amide bonds. The van der Waals surface area contributed by atoms with Gasteiger partial charge in [0.15, 0.2) is 5.65 Å². The molecule has 0 radical (unpaired) electrons. The van der Waals surface area contributed by atoms with Gasteiger partial charge in [0, 0.05) is 48.2 Å². The zero-order valence-electron chi connectivity index (χ0n) is 16.3. The summed E-state index contributed by atoms with van der Waals surface area (Å²) in [6.45, 7) is 2.68. The molecule has 30 heavy (non-hydrogen) atoms. The lowest BCUT2D eigenvalue weighted by Crippen LogP contribution is -2.49. The number of fused-ring (bicyclic) bond motifs is 1. The van der Waals surface area contributed by atoms with Crippen LogP contribution in [-0.2, 0) is 11.3 Å². The van der Waals surface area contributed by atoms with E-state index in [0.717, 1.165) is 11.1 Å². The number of piperazine rings is 1. The maximum absolute atomic E-state index is 12.8. The molecule has 3 heterocycles. The summed E-state index contributed by atoms with van der Waals surface area (Å²) in [5, 5.41) is 9.12. The van der Waals surface area contributed by atoms with E-state index in [0.29, 0.717) is 42.6 Å². The quantitative estimate of drug-likeness (QED) is 0.352. The van der Waals surface area contributed by atoms with E-state index in [2.05, 4.69) is 25.0 Å². The Labute approximate surface area is 177 Å². The Bertz CT molecular complexity index is 1130. The lowest BCUT2D eigenvalue weighted by molar-refractivity contribution is -0.132. The van der Waals surface area contributed by atoms with Gasteiger partial charge in [-0.2, -0.15) is 5.10 Å². The molecular formula is C19H19ClN8O2. The van der Waals surface area contributed by atoms with Crippen molar-refractivity contribution in [1.29, 1.82) is 0 Å². The van der Waals surface area contributed by atoms with Crippen LogP contribution in [0.1, 0.15) is 0 Å². The van der Waals surface area contributed by atoms with Gasteiger partial charge in [-0.1, -0.05) is 11.6 Å². The monoisotopic (exact) mass is 426 g/mol. The predicted octanol–water partition coefficient (Wildman–Crippen LogP) is 3.38. The van der Waals surface area contributed by atoms with Gasteiger partial charge in [-0.05, 0) is 34.9 Å². The predicted molar refractivity (Wildman–Crippen MR) is 113 cm³/mol. The van der Waals surface area contributed by atoms with Crippen molar-refractivity contribution in [3.05, 3.63) is 52.0 Å². The zero-order chi connectivity index (χ0) is 21.1. The van der Waals surface area contributed by atoms with Crippen LogP contribution in [0.15, 0.2) is 41.6 Å². The average Bonchev–Trinajstić information content (AvgIpc) is 3.16. The topological polar surface area (TPSA) is 112 Å². The number of benzene rings is 1. The third-order valence-corrected chi connectivity index (χ3v) is 5.35. The fourth-order valence-electron chi connectivity index (χ4n) is 3.45. The number of methoxy groups -OCH3 is 1. The molecule has 1 fully saturated rings. The molecule has 10 nitrogen and oxygen atoms in total. The van der Waals surface area contributed by atoms with Crippen molar-refractivity contribution in [2.24, 2.45) is 5.11 Å². The molecule has 4 rings (SSSR count). The summed E-state index contributed by atoms with van der Waals surface area (Å²) in [6, 6.07) is 9.04. The standard InChI is InChI=1S/C19H19ClN8O2/c1-30-16-10-14(3-4-15(16)20)26-6-8-27(9-7-26)18(29)12-28-19-13(11-22-28)2-5-17(23-19)24-25-21/h2-5,10-11H,6-9,12H2,1H3. The van der Waals surface area contributed by atoms with Crippen LogP contribution in [0.5, 0.6) is 5.75 Å². The van der Waals surface area contributed by atoms with E-state index in [9.17, 15) is 4.79 Å². The number of nitrogens with zero attached hydrogens (tertiary/aromatic N) is 8. The zero-order valence-corrected chi connectivity index (χ0v) is 17.0. The van der Waals surface area contributed by atoms with Crippen molar-refractivity contribution in [3.8, 4) is 5.75 Å². The number of hydrogen-bond acceptors (Lipinski definition) is 6. The van der Waals surface area contributed by atoms with Crippen LogP contribution in [-0.4, -0.2) is 58.9 Å². The van der Waals surface area contributed by atoms with Crippen LogP contribution in [0.25, 0.3) is 21.5 Å². The van der Waals surface area contributed by atoms with Crippen molar-refractivity contribution in [2.75, 3.05) is 38.2 Å². The first kappa shape index (κ1) is 19.8. The number of anilines is 1. The molecule has 0 atom stereocenters. The van der Waals surface area contributed by atoms with Gasteiger partial charge in [0.1, 0.15) is 18.1 Å².